The minimum atomic E-state index is -4.23. The summed E-state index contributed by atoms with van der Waals surface area (Å²) in [5, 5.41) is 12.2. The number of para-hydroxylation sites is 1. The van der Waals surface area contributed by atoms with E-state index in [0.717, 1.165) is 0 Å². The first-order valence-corrected chi connectivity index (χ1v) is 12.1. The minimum Gasteiger partial charge on any atom is -0.493 e. The van der Waals surface area contributed by atoms with Crippen LogP contribution in [0.15, 0.2) is 83.3 Å². The molecule has 0 aliphatic heterocycles. The fraction of sp³-hybridized carbons (Fsp3) is 0.115. The highest BCUT2D eigenvalue weighted by atomic mass is 32.2. The van der Waals surface area contributed by atoms with Crippen LogP contribution < -0.4 is 14.2 Å². The Kier molecular flexibility index (Phi) is 8.43. The van der Waals surface area contributed by atoms with E-state index in [1.165, 1.54) is 61.7 Å². The average molecular weight is 507 g/mol. The molecule has 0 unspecified atom stereocenters. The Morgan fingerprint density at radius 2 is 1.69 bits per heavy atom. The van der Waals surface area contributed by atoms with Crippen LogP contribution in [0.3, 0.4) is 0 Å². The zero-order valence-corrected chi connectivity index (χ0v) is 20.2. The van der Waals surface area contributed by atoms with Crippen molar-refractivity contribution < 1.29 is 31.7 Å². The molecule has 0 aromatic heterocycles. The third-order valence-corrected chi connectivity index (χ3v) is 6.01. The number of benzene rings is 3. The van der Waals surface area contributed by atoms with E-state index in [4.69, 9.17) is 13.7 Å². The van der Waals surface area contributed by atoms with Crippen molar-refractivity contribution in [3.8, 4) is 17.6 Å². The predicted octanol–water partition coefficient (Wildman–Crippen LogP) is 4.19. The first kappa shape index (κ1) is 26.0. The maximum Gasteiger partial charge on any atom is 0.339 e. The summed E-state index contributed by atoms with van der Waals surface area (Å²) in [4.78, 5) is 24.5. The summed E-state index contributed by atoms with van der Waals surface area (Å²) in [6.45, 7) is 1.92. The predicted molar refractivity (Wildman–Crippen MR) is 132 cm³/mol. The molecule has 0 bridgehead atoms. The highest BCUT2D eigenvalue weighted by Gasteiger charge is 2.22. The lowest BCUT2D eigenvalue weighted by molar-refractivity contribution is -0.112. The topological polar surface area (TPSA) is 132 Å². The van der Waals surface area contributed by atoms with Crippen molar-refractivity contribution >= 4 is 33.8 Å². The lowest BCUT2D eigenvalue weighted by Gasteiger charge is -2.13. The molecule has 0 aliphatic rings. The van der Waals surface area contributed by atoms with Crippen LogP contribution in [0.1, 0.15) is 22.8 Å². The van der Waals surface area contributed by atoms with Crippen LogP contribution in [0.4, 0.5) is 5.69 Å². The Hall–Kier alpha value is -4.62. The molecule has 9 nitrogen and oxygen atoms in total. The van der Waals surface area contributed by atoms with E-state index in [-0.39, 0.29) is 34.1 Å². The zero-order valence-electron chi connectivity index (χ0n) is 19.4. The van der Waals surface area contributed by atoms with Gasteiger partial charge in [-0.25, -0.2) is 4.79 Å². The first-order chi connectivity index (χ1) is 17.3. The van der Waals surface area contributed by atoms with Crippen molar-refractivity contribution in [1.82, 2.24) is 0 Å². The van der Waals surface area contributed by atoms with E-state index in [9.17, 15) is 23.3 Å². The molecule has 1 amide bonds. The molecule has 0 heterocycles. The molecule has 3 aromatic rings. The summed E-state index contributed by atoms with van der Waals surface area (Å²) in [7, 11) is -2.89. The fourth-order valence-electron chi connectivity index (χ4n) is 3.05. The van der Waals surface area contributed by atoms with Crippen LogP contribution in [0, 0.1) is 11.3 Å². The van der Waals surface area contributed by atoms with Gasteiger partial charge in [-0.1, -0.05) is 30.3 Å². The summed E-state index contributed by atoms with van der Waals surface area (Å²) in [6, 6.07) is 19.8. The molecule has 10 heteroatoms. The summed E-state index contributed by atoms with van der Waals surface area (Å²) in [5.74, 6) is -1.33. The van der Waals surface area contributed by atoms with Gasteiger partial charge in [-0.05, 0) is 55.5 Å². The van der Waals surface area contributed by atoms with E-state index in [1.807, 2.05) is 0 Å². The van der Waals surface area contributed by atoms with Crippen LogP contribution in [0.2, 0.25) is 0 Å². The third-order valence-electron chi connectivity index (χ3n) is 4.77. The monoisotopic (exact) mass is 506 g/mol. The average Bonchev–Trinajstić information content (AvgIpc) is 2.88. The van der Waals surface area contributed by atoms with Gasteiger partial charge in [0.05, 0.1) is 19.3 Å². The summed E-state index contributed by atoms with van der Waals surface area (Å²) in [5.41, 5.74) is 0.463. The van der Waals surface area contributed by atoms with E-state index in [0.29, 0.717) is 11.3 Å². The number of rotatable bonds is 9. The molecule has 0 aliphatic carbocycles. The number of methoxy groups -OCH3 is 1. The van der Waals surface area contributed by atoms with Crippen molar-refractivity contribution in [3.05, 3.63) is 89.5 Å². The van der Waals surface area contributed by atoms with Gasteiger partial charge < -0.3 is 19.0 Å². The number of ether oxygens (including phenoxy) is 2. The van der Waals surface area contributed by atoms with Gasteiger partial charge in [0, 0.05) is 11.3 Å². The Balaban J connectivity index is 1.90. The van der Waals surface area contributed by atoms with E-state index in [2.05, 4.69) is 5.32 Å². The largest absolute Gasteiger partial charge is 0.493 e. The van der Waals surface area contributed by atoms with Crippen molar-refractivity contribution in [2.45, 2.75) is 11.8 Å². The number of hydrogen-bond donors (Lipinski definition) is 1. The van der Waals surface area contributed by atoms with E-state index >= 15 is 0 Å². The molecule has 0 atom stereocenters. The van der Waals surface area contributed by atoms with Gasteiger partial charge >= 0.3 is 16.1 Å². The van der Waals surface area contributed by atoms with Crippen molar-refractivity contribution in [2.24, 2.45) is 0 Å². The Morgan fingerprint density at radius 1 is 1.00 bits per heavy atom. The minimum absolute atomic E-state index is 0.0737. The number of carbonyl (C=O) groups excluding carboxylic acids is 2. The highest BCUT2D eigenvalue weighted by molar-refractivity contribution is 7.87. The lowest BCUT2D eigenvalue weighted by Crippen LogP contribution is -2.14. The van der Waals surface area contributed by atoms with Gasteiger partial charge in [-0.3, -0.25) is 4.79 Å². The Bertz CT molecular complexity index is 1430. The summed E-state index contributed by atoms with van der Waals surface area (Å²) in [6.07, 6.45) is 1.20. The standard InChI is InChI=1S/C26H22N2O7S/c1-3-34-26(30)18-12-14-21(15-13-18)28-25(29)20(17-27)16-19-8-7-11-23(33-2)24(19)35-36(31,32)22-9-5-4-6-10-22/h4-16H,3H2,1-2H3,(H,28,29)/b20-16+. The van der Waals surface area contributed by atoms with Crippen molar-refractivity contribution in [2.75, 3.05) is 19.0 Å². The van der Waals surface area contributed by atoms with Gasteiger partial charge in [0.15, 0.2) is 11.5 Å². The van der Waals surface area contributed by atoms with Gasteiger partial charge in [0.25, 0.3) is 5.91 Å². The number of nitriles is 1. The quantitative estimate of drug-likeness (QED) is 0.198. The molecule has 0 fully saturated rings. The number of amides is 1. The van der Waals surface area contributed by atoms with E-state index in [1.54, 1.807) is 37.3 Å². The maximum atomic E-state index is 12.8. The number of esters is 1. The number of nitrogens with zero attached hydrogens (tertiary/aromatic N) is 1. The number of nitrogens with one attached hydrogen (secondary N) is 1. The van der Waals surface area contributed by atoms with Crippen LogP contribution in [0.5, 0.6) is 11.5 Å². The second-order valence-corrected chi connectivity index (χ2v) is 8.70. The van der Waals surface area contributed by atoms with Crippen LogP contribution in [-0.2, 0) is 19.6 Å². The molecule has 36 heavy (non-hydrogen) atoms. The number of hydrogen-bond acceptors (Lipinski definition) is 8. The lowest BCUT2D eigenvalue weighted by atomic mass is 10.1. The van der Waals surface area contributed by atoms with Gasteiger partial charge in [0.2, 0.25) is 0 Å². The van der Waals surface area contributed by atoms with Gasteiger partial charge in [0.1, 0.15) is 16.5 Å². The zero-order chi connectivity index (χ0) is 26.1. The fourth-order valence-corrected chi connectivity index (χ4v) is 4.03. The molecule has 184 valence electrons. The molecule has 1 N–H and O–H groups in total. The molecular formula is C26H22N2O7S. The third kappa shape index (κ3) is 6.28. The van der Waals surface area contributed by atoms with Crippen LogP contribution in [-0.4, -0.2) is 34.0 Å². The summed E-state index contributed by atoms with van der Waals surface area (Å²) >= 11 is 0. The Morgan fingerprint density at radius 3 is 2.31 bits per heavy atom. The molecule has 0 saturated carbocycles. The maximum absolute atomic E-state index is 12.8. The normalized spacial score (nSPS) is 11.2. The second kappa shape index (κ2) is 11.7. The van der Waals surface area contributed by atoms with Crippen molar-refractivity contribution in [3.63, 3.8) is 0 Å². The molecular weight excluding hydrogens is 484 g/mol. The highest BCUT2D eigenvalue weighted by Crippen LogP contribution is 2.35. The molecule has 0 radical (unpaired) electrons. The number of anilines is 1. The van der Waals surface area contributed by atoms with Gasteiger partial charge in [-0.2, -0.15) is 13.7 Å². The molecule has 0 saturated heterocycles. The number of carbonyl (C=O) groups is 2. The second-order valence-electron chi connectivity index (χ2n) is 7.15. The van der Waals surface area contributed by atoms with Crippen LogP contribution in [0.25, 0.3) is 6.08 Å². The molecule has 3 rings (SSSR count). The van der Waals surface area contributed by atoms with Crippen LogP contribution >= 0.6 is 0 Å². The summed E-state index contributed by atoms with van der Waals surface area (Å²) < 4.78 is 41.1. The van der Waals surface area contributed by atoms with Gasteiger partial charge in [-0.15, -0.1) is 0 Å². The molecule has 3 aromatic carbocycles. The smallest absolute Gasteiger partial charge is 0.339 e. The SMILES string of the molecule is CCOC(=O)c1ccc(NC(=O)/C(C#N)=C/c2cccc(OC)c2OS(=O)(=O)c2ccccc2)cc1. The van der Waals surface area contributed by atoms with Crippen molar-refractivity contribution in [1.29, 1.82) is 5.26 Å². The first-order valence-electron chi connectivity index (χ1n) is 10.7. The molecule has 0 spiro atoms. The Labute approximate surface area is 208 Å². The van der Waals surface area contributed by atoms with E-state index < -0.39 is 22.0 Å².